The van der Waals surface area contributed by atoms with Crippen LogP contribution in [-0.2, 0) is 22.6 Å². The lowest BCUT2D eigenvalue weighted by atomic mass is 10.1. The van der Waals surface area contributed by atoms with Gasteiger partial charge in [0.05, 0.1) is 12.7 Å². The third-order valence-corrected chi connectivity index (χ3v) is 5.85. The summed E-state index contributed by atoms with van der Waals surface area (Å²) >= 11 is 0. The van der Waals surface area contributed by atoms with E-state index in [0.29, 0.717) is 19.6 Å². The highest BCUT2D eigenvalue weighted by Crippen LogP contribution is 2.14. The van der Waals surface area contributed by atoms with Crippen molar-refractivity contribution in [2.45, 2.75) is 90.3 Å². The number of benzene rings is 2. The third-order valence-electron chi connectivity index (χ3n) is 5.85. The van der Waals surface area contributed by atoms with Crippen molar-refractivity contribution in [2.24, 2.45) is 0 Å². The van der Waals surface area contributed by atoms with Crippen LogP contribution in [0.2, 0.25) is 0 Å². The number of carbonyl (C=O) groups excluding carboxylic acids is 1. The minimum absolute atomic E-state index is 0.158. The molecule has 3 heteroatoms. The van der Waals surface area contributed by atoms with E-state index in [1.807, 2.05) is 24.3 Å². The van der Waals surface area contributed by atoms with E-state index in [4.69, 9.17) is 4.74 Å². The van der Waals surface area contributed by atoms with E-state index >= 15 is 0 Å². The molecule has 3 nitrogen and oxygen atoms in total. The predicted molar refractivity (Wildman–Crippen MR) is 139 cm³/mol. The van der Waals surface area contributed by atoms with E-state index in [1.165, 1.54) is 43.2 Å². The highest BCUT2D eigenvalue weighted by atomic mass is 16.5. The summed E-state index contributed by atoms with van der Waals surface area (Å²) in [5.41, 5.74) is 2.48. The first-order chi connectivity index (χ1) is 16.3. The summed E-state index contributed by atoms with van der Waals surface area (Å²) in [7, 11) is 0. The lowest BCUT2D eigenvalue weighted by molar-refractivity contribution is -0.121. The van der Waals surface area contributed by atoms with Gasteiger partial charge in [0.2, 0.25) is 5.91 Å². The second-order valence-electron chi connectivity index (χ2n) is 8.80. The zero-order valence-corrected chi connectivity index (χ0v) is 20.5. The molecule has 0 aliphatic heterocycles. The smallest absolute Gasteiger partial charge is 0.220 e. The van der Waals surface area contributed by atoms with Crippen molar-refractivity contribution in [1.82, 2.24) is 5.32 Å². The standard InChI is InChI=1S/C30H43NO2/c1-2-3-4-5-14-21-29(33-26-28-19-12-9-13-20-28)22-15-6-7-16-23-30(32)31-25-24-27-17-10-8-11-18-27/h8-13,15,17-20,22,29H,2-7,14,16,21,23-26H2,1H3,(H,31,32)/b22-15-/t29-/m0/s1. The molecule has 0 saturated heterocycles. The molecule has 2 rings (SSSR count). The maximum absolute atomic E-state index is 12.0. The highest BCUT2D eigenvalue weighted by Gasteiger charge is 2.06. The van der Waals surface area contributed by atoms with E-state index in [1.54, 1.807) is 0 Å². The van der Waals surface area contributed by atoms with Gasteiger partial charge in [0.25, 0.3) is 0 Å². The molecule has 0 aromatic heterocycles. The summed E-state index contributed by atoms with van der Waals surface area (Å²) in [6, 6.07) is 20.7. The van der Waals surface area contributed by atoms with Crippen molar-refractivity contribution in [3.8, 4) is 0 Å². The predicted octanol–water partition coefficient (Wildman–Crippen LogP) is 7.41. The van der Waals surface area contributed by atoms with Crippen molar-refractivity contribution in [2.75, 3.05) is 6.54 Å². The van der Waals surface area contributed by atoms with E-state index in [-0.39, 0.29) is 12.0 Å². The normalized spacial score (nSPS) is 12.2. The first kappa shape index (κ1) is 26.9. The number of allylic oxidation sites excluding steroid dienone is 1. The highest BCUT2D eigenvalue weighted by molar-refractivity contribution is 5.75. The van der Waals surface area contributed by atoms with E-state index in [0.717, 1.165) is 32.1 Å². The third kappa shape index (κ3) is 13.7. The summed E-state index contributed by atoms with van der Waals surface area (Å²) in [4.78, 5) is 12.0. The lowest BCUT2D eigenvalue weighted by Crippen LogP contribution is -2.25. The first-order valence-electron chi connectivity index (χ1n) is 12.9. The van der Waals surface area contributed by atoms with Gasteiger partial charge in [-0.3, -0.25) is 4.79 Å². The summed E-state index contributed by atoms with van der Waals surface area (Å²) in [6.45, 7) is 3.62. The molecule has 0 aliphatic rings. The number of hydrogen-bond acceptors (Lipinski definition) is 2. The minimum atomic E-state index is 0.158. The Bertz CT molecular complexity index is 757. The molecule has 180 valence electrons. The molecule has 0 unspecified atom stereocenters. The van der Waals surface area contributed by atoms with Crippen LogP contribution in [0, 0.1) is 0 Å². The molecular formula is C30H43NO2. The molecular weight excluding hydrogens is 406 g/mol. The van der Waals surface area contributed by atoms with Crippen LogP contribution in [0.5, 0.6) is 0 Å². The van der Waals surface area contributed by atoms with Gasteiger partial charge in [-0.1, -0.05) is 112 Å². The Morgan fingerprint density at radius 2 is 1.58 bits per heavy atom. The fourth-order valence-corrected chi connectivity index (χ4v) is 3.84. The van der Waals surface area contributed by atoms with Gasteiger partial charge in [-0.05, 0) is 43.2 Å². The molecule has 1 amide bonds. The van der Waals surface area contributed by atoms with Gasteiger partial charge in [0.15, 0.2) is 0 Å². The van der Waals surface area contributed by atoms with Gasteiger partial charge in [0, 0.05) is 13.0 Å². The quantitative estimate of drug-likeness (QED) is 0.190. The van der Waals surface area contributed by atoms with Crippen LogP contribution < -0.4 is 5.32 Å². The van der Waals surface area contributed by atoms with Crippen LogP contribution in [-0.4, -0.2) is 18.6 Å². The van der Waals surface area contributed by atoms with Crippen LogP contribution in [0.1, 0.15) is 82.3 Å². The van der Waals surface area contributed by atoms with Gasteiger partial charge < -0.3 is 10.1 Å². The van der Waals surface area contributed by atoms with E-state index in [2.05, 4.69) is 60.8 Å². The molecule has 0 bridgehead atoms. The Kier molecular flexibility index (Phi) is 14.7. The number of ether oxygens (including phenoxy) is 1. The van der Waals surface area contributed by atoms with Crippen LogP contribution in [0.15, 0.2) is 72.8 Å². The van der Waals surface area contributed by atoms with Gasteiger partial charge in [0.1, 0.15) is 0 Å². The largest absolute Gasteiger partial charge is 0.369 e. The van der Waals surface area contributed by atoms with Crippen LogP contribution in [0.25, 0.3) is 0 Å². The molecule has 0 spiro atoms. The maximum atomic E-state index is 12.0. The van der Waals surface area contributed by atoms with Crippen molar-refractivity contribution in [3.63, 3.8) is 0 Å². The number of unbranched alkanes of at least 4 members (excludes halogenated alkanes) is 6. The van der Waals surface area contributed by atoms with E-state index < -0.39 is 0 Å². The van der Waals surface area contributed by atoms with Crippen molar-refractivity contribution < 1.29 is 9.53 Å². The molecule has 0 aliphatic carbocycles. The topological polar surface area (TPSA) is 38.3 Å². The van der Waals surface area contributed by atoms with Crippen molar-refractivity contribution in [3.05, 3.63) is 83.9 Å². The molecule has 0 fully saturated rings. The Labute approximate surface area is 201 Å². The molecule has 2 aromatic carbocycles. The Morgan fingerprint density at radius 1 is 0.879 bits per heavy atom. The number of carbonyl (C=O) groups is 1. The van der Waals surface area contributed by atoms with Gasteiger partial charge in [-0.15, -0.1) is 0 Å². The Morgan fingerprint density at radius 3 is 2.30 bits per heavy atom. The van der Waals surface area contributed by atoms with Crippen molar-refractivity contribution >= 4 is 5.91 Å². The molecule has 33 heavy (non-hydrogen) atoms. The second-order valence-corrected chi connectivity index (χ2v) is 8.80. The second kappa shape index (κ2) is 18.1. The molecule has 0 saturated carbocycles. The van der Waals surface area contributed by atoms with Crippen LogP contribution >= 0.6 is 0 Å². The average Bonchev–Trinajstić information content (AvgIpc) is 2.85. The number of amides is 1. The van der Waals surface area contributed by atoms with E-state index in [9.17, 15) is 4.79 Å². The Balaban J connectivity index is 1.60. The van der Waals surface area contributed by atoms with Gasteiger partial charge in [-0.2, -0.15) is 0 Å². The maximum Gasteiger partial charge on any atom is 0.220 e. The van der Waals surface area contributed by atoms with Crippen LogP contribution in [0.4, 0.5) is 0 Å². The Hall–Kier alpha value is -2.39. The van der Waals surface area contributed by atoms with Gasteiger partial charge >= 0.3 is 0 Å². The summed E-state index contributed by atoms with van der Waals surface area (Å²) in [5.74, 6) is 0.158. The minimum Gasteiger partial charge on any atom is -0.369 e. The summed E-state index contributed by atoms with van der Waals surface area (Å²) < 4.78 is 6.21. The molecule has 2 aromatic rings. The summed E-state index contributed by atoms with van der Waals surface area (Å²) in [6.07, 6.45) is 16.6. The molecule has 0 heterocycles. The fourth-order valence-electron chi connectivity index (χ4n) is 3.84. The molecule has 1 N–H and O–H groups in total. The van der Waals surface area contributed by atoms with Gasteiger partial charge in [-0.25, -0.2) is 0 Å². The zero-order chi connectivity index (χ0) is 23.4. The number of nitrogens with one attached hydrogen (secondary N) is 1. The SMILES string of the molecule is CCCCCCC[C@@H](/C=C\CCCCC(=O)NCCc1ccccc1)OCc1ccccc1. The fraction of sp³-hybridized carbons (Fsp3) is 0.500. The molecule has 1 atom stereocenters. The number of hydrogen-bond donors (Lipinski definition) is 1. The zero-order valence-electron chi connectivity index (χ0n) is 20.5. The first-order valence-corrected chi connectivity index (χ1v) is 12.9. The summed E-state index contributed by atoms with van der Waals surface area (Å²) in [5, 5.41) is 3.03. The lowest BCUT2D eigenvalue weighted by Gasteiger charge is -2.14. The van der Waals surface area contributed by atoms with Crippen LogP contribution in [0.3, 0.4) is 0 Å². The average molecular weight is 450 g/mol. The monoisotopic (exact) mass is 449 g/mol. The van der Waals surface area contributed by atoms with Crippen molar-refractivity contribution in [1.29, 1.82) is 0 Å². The molecule has 0 radical (unpaired) electrons. The number of rotatable bonds is 18.